The van der Waals surface area contributed by atoms with Gasteiger partial charge in [0.25, 0.3) is 0 Å². The Hall–Kier alpha value is -3.43. The van der Waals surface area contributed by atoms with Crippen molar-refractivity contribution in [3.05, 3.63) is 138 Å². The first-order valence-electron chi connectivity index (χ1n) is 9.78. The lowest BCUT2D eigenvalue weighted by atomic mass is 9.76. The van der Waals surface area contributed by atoms with Crippen LogP contribution in [0.1, 0.15) is 34.1 Å². The van der Waals surface area contributed by atoms with Crippen molar-refractivity contribution in [1.82, 2.24) is 9.55 Å². The van der Waals surface area contributed by atoms with Crippen molar-refractivity contribution in [2.24, 2.45) is 5.73 Å². The van der Waals surface area contributed by atoms with E-state index in [0.29, 0.717) is 0 Å². The van der Waals surface area contributed by atoms with E-state index in [4.69, 9.17) is 5.73 Å². The summed E-state index contributed by atoms with van der Waals surface area (Å²) < 4.78 is 2.22. The van der Waals surface area contributed by atoms with Crippen LogP contribution in [-0.4, -0.2) is 9.55 Å². The van der Waals surface area contributed by atoms with Gasteiger partial charge in [-0.25, -0.2) is 4.98 Å². The molecule has 0 radical (unpaired) electrons. The molecule has 0 saturated heterocycles. The highest BCUT2D eigenvalue weighted by atomic mass is 15.1. The molecule has 1 atom stereocenters. The SMILES string of the molecule is C=CC(N)c1c(C)ncn1C(c1ccccc1)(c1ccccc1)c1ccccc1. The Morgan fingerprint density at radius 1 is 0.828 bits per heavy atom. The summed E-state index contributed by atoms with van der Waals surface area (Å²) in [5.41, 5.74) is 11.2. The molecule has 0 saturated carbocycles. The summed E-state index contributed by atoms with van der Waals surface area (Å²) in [6.07, 6.45) is 3.67. The molecule has 3 nitrogen and oxygen atoms in total. The molecule has 0 aliphatic heterocycles. The molecule has 144 valence electrons. The molecular weight excluding hydrogens is 354 g/mol. The molecule has 0 aliphatic carbocycles. The van der Waals surface area contributed by atoms with Crippen LogP contribution in [0.5, 0.6) is 0 Å². The number of nitrogens with zero attached hydrogens (tertiary/aromatic N) is 2. The molecule has 3 heteroatoms. The Labute approximate surface area is 172 Å². The molecule has 0 aliphatic rings. The molecule has 4 aromatic rings. The third-order valence-electron chi connectivity index (χ3n) is 5.50. The summed E-state index contributed by atoms with van der Waals surface area (Å²) in [7, 11) is 0. The van der Waals surface area contributed by atoms with Crippen LogP contribution in [0.25, 0.3) is 0 Å². The fourth-order valence-electron chi connectivity index (χ4n) is 4.18. The van der Waals surface area contributed by atoms with Gasteiger partial charge < -0.3 is 10.3 Å². The first-order chi connectivity index (χ1) is 14.2. The Morgan fingerprint density at radius 3 is 1.62 bits per heavy atom. The van der Waals surface area contributed by atoms with Gasteiger partial charge in [-0.1, -0.05) is 97.1 Å². The van der Waals surface area contributed by atoms with Gasteiger partial charge in [-0.3, -0.25) is 0 Å². The quantitative estimate of drug-likeness (QED) is 0.369. The van der Waals surface area contributed by atoms with E-state index in [1.54, 1.807) is 6.08 Å². The van der Waals surface area contributed by atoms with Crippen molar-refractivity contribution in [3.63, 3.8) is 0 Å². The normalized spacial score (nSPS) is 12.5. The topological polar surface area (TPSA) is 43.8 Å². The smallest absolute Gasteiger partial charge is 0.122 e. The van der Waals surface area contributed by atoms with E-state index in [1.807, 2.05) is 31.5 Å². The summed E-state index contributed by atoms with van der Waals surface area (Å²) >= 11 is 0. The second kappa shape index (κ2) is 7.90. The zero-order valence-electron chi connectivity index (χ0n) is 16.6. The first-order valence-corrected chi connectivity index (χ1v) is 9.78. The largest absolute Gasteiger partial charge is 0.319 e. The van der Waals surface area contributed by atoms with Gasteiger partial charge in [0.15, 0.2) is 0 Å². The standard InChI is InChI=1S/C26H25N3/c1-3-24(27)25-20(2)28-19-29(25)26(21-13-7-4-8-14-21,22-15-9-5-10-16-22)23-17-11-6-12-18-23/h3-19,24H,1,27H2,2H3. The van der Waals surface area contributed by atoms with Crippen LogP contribution >= 0.6 is 0 Å². The minimum atomic E-state index is -0.610. The van der Waals surface area contributed by atoms with E-state index in [9.17, 15) is 0 Å². The van der Waals surface area contributed by atoms with E-state index < -0.39 is 5.54 Å². The number of hydrogen-bond acceptors (Lipinski definition) is 2. The van der Waals surface area contributed by atoms with Crippen LogP contribution < -0.4 is 5.73 Å². The third-order valence-corrected chi connectivity index (χ3v) is 5.50. The minimum absolute atomic E-state index is 0.326. The molecule has 1 aromatic heterocycles. The molecule has 0 amide bonds. The van der Waals surface area contributed by atoms with E-state index >= 15 is 0 Å². The lowest BCUT2D eigenvalue weighted by Gasteiger charge is -2.39. The van der Waals surface area contributed by atoms with Crippen LogP contribution in [0.4, 0.5) is 0 Å². The molecule has 29 heavy (non-hydrogen) atoms. The highest BCUT2D eigenvalue weighted by Crippen LogP contribution is 2.42. The Morgan fingerprint density at radius 2 is 1.24 bits per heavy atom. The van der Waals surface area contributed by atoms with Crippen LogP contribution in [0.3, 0.4) is 0 Å². The van der Waals surface area contributed by atoms with Crippen LogP contribution in [0.2, 0.25) is 0 Å². The molecule has 1 heterocycles. The fraction of sp³-hybridized carbons (Fsp3) is 0.115. The lowest BCUT2D eigenvalue weighted by Crippen LogP contribution is -2.39. The highest BCUT2D eigenvalue weighted by Gasteiger charge is 2.40. The van der Waals surface area contributed by atoms with E-state index in [-0.39, 0.29) is 6.04 Å². The van der Waals surface area contributed by atoms with E-state index in [2.05, 4.69) is 88.9 Å². The highest BCUT2D eigenvalue weighted by molar-refractivity contribution is 5.51. The average Bonchev–Trinajstić information content (AvgIpc) is 3.18. The Bertz CT molecular complexity index is 986. The lowest BCUT2D eigenvalue weighted by molar-refractivity contribution is 0.488. The molecule has 4 rings (SSSR count). The summed E-state index contributed by atoms with van der Waals surface area (Å²) in [5.74, 6) is 0. The number of nitrogens with two attached hydrogens (primary N) is 1. The fourth-order valence-corrected chi connectivity index (χ4v) is 4.18. The van der Waals surface area contributed by atoms with Gasteiger partial charge in [0.1, 0.15) is 5.54 Å². The zero-order chi connectivity index (χ0) is 20.3. The Kier molecular flexibility index (Phi) is 5.15. The average molecular weight is 380 g/mol. The maximum Gasteiger partial charge on any atom is 0.122 e. The predicted molar refractivity (Wildman–Crippen MR) is 119 cm³/mol. The van der Waals surface area contributed by atoms with Gasteiger partial charge in [0, 0.05) is 0 Å². The summed E-state index contributed by atoms with van der Waals surface area (Å²) in [5, 5.41) is 0. The van der Waals surface area contributed by atoms with Gasteiger partial charge in [-0.05, 0) is 23.6 Å². The van der Waals surface area contributed by atoms with Crippen molar-refractivity contribution in [1.29, 1.82) is 0 Å². The van der Waals surface area contributed by atoms with Gasteiger partial charge in [0.2, 0.25) is 0 Å². The zero-order valence-corrected chi connectivity index (χ0v) is 16.6. The summed E-state index contributed by atoms with van der Waals surface area (Å²) in [6, 6.07) is 31.2. The maximum absolute atomic E-state index is 6.49. The van der Waals surface area contributed by atoms with Crippen molar-refractivity contribution in [2.45, 2.75) is 18.5 Å². The van der Waals surface area contributed by atoms with Crippen molar-refractivity contribution in [2.75, 3.05) is 0 Å². The van der Waals surface area contributed by atoms with Gasteiger partial charge >= 0.3 is 0 Å². The van der Waals surface area contributed by atoms with Gasteiger partial charge in [-0.2, -0.15) is 0 Å². The van der Waals surface area contributed by atoms with Crippen LogP contribution in [0.15, 0.2) is 110 Å². The number of hydrogen-bond donors (Lipinski definition) is 1. The summed E-state index contributed by atoms with van der Waals surface area (Å²) in [6.45, 7) is 5.93. The number of aryl methyl sites for hydroxylation is 1. The monoisotopic (exact) mass is 379 g/mol. The van der Waals surface area contributed by atoms with E-state index in [0.717, 1.165) is 28.1 Å². The van der Waals surface area contributed by atoms with Crippen molar-refractivity contribution < 1.29 is 0 Å². The molecular formula is C26H25N3. The number of imidazole rings is 1. The van der Waals surface area contributed by atoms with Gasteiger partial charge in [0.05, 0.1) is 23.8 Å². The van der Waals surface area contributed by atoms with Crippen molar-refractivity contribution in [3.8, 4) is 0 Å². The van der Waals surface area contributed by atoms with Crippen molar-refractivity contribution >= 4 is 0 Å². The first kappa shape index (κ1) is 18.9. The molecule has 0 fully saturated rings. The van der Waals surface area contributed by atoms with Gasteiger partial charge in [-0.15, -0.1) is 6.58 Å². The molecule has 0 bridgehead atoms. The third kappa shape index (κ3) is 3.10. The minimum Gasteiger partial charge on any atom is -0.319 e. The Balaban J connectivity index is 2.18. The predicted octanol–water partition coefficient (Wildman–Crippen LogP) is 5.22. The van der Waals surface area contributed by atoms with Crippen LogP contribution in [0, 0.1) is 6.92 Å². The van der Waals surface area contributed by atoms with Crippen LogP contribution in [-0.2, 0) is 5.54 Å². The summed E-state index contributed by atoms with van der Waals surface area (Å²) in [4.78, 5) is 4.66. The maximum atomic E-state index is 6.49. The number of benzene rings is 3. The number of aromatic nitrogens is 2. The molecule has 0 spiro atoms. The second-order valence-electron chi connectivity index (χ2n) is 7.16. The van der Waals surface area contributed by atoms with E-state index in [1.165, 1.54) is 0 Å². The molecule has 1 unspecified atom stereocenters. The molecule has 3 aromatic carbocycles. The second-order valence-corrected chi connectivity index (χ2v) is 7.16. The number of rotatable bonds is 6. The molecule has 2 N–H and O–H groups in total.